The van der Waals surface area contributed by atoms with Gasteiger partial charge in [-0.15, -0.1) is 11.3 Å². The monoisotopic (exact) mass is 347 g/mol. The number of ether oxygens (including phenoxy) is 1. The van der Waals surface area contributed by atoms with Crippen LogP contribution >= 0.6 is 22.9 Å². The van der Waals surface area contributed by atoms with E-state index in [1.807, 2.05) is 31.2 Å². The summed E-state index contributed by atoms with van der Waals surface area (Å²) in [6, 6.07) is 7.62. The van der Waals surface area contributed by atoms with Crippen LogP contribution in [0.25, 0.3) is 10.2 Å². The zero-order valence-electron chi connectivity index (χ0n) is 12.6. The highest BCUT2D eigenvalue weighted by atomic mass is 35.5. The predicted octanol–water partition coefficient (Wildman–Crippen LogP) is 4.05. The van der Waals surface area contributed by atoms with Crippen molar-refractivity contribution in [3.63, 3.8) is 0 Å². The van der Waals surface area contributed by atoms with E-state index < -0.39 is 0 Å². The number of thiophene rings is 1. The lowest BCUT2D eigenvalue weighted by molar-refractivity contribution is 0.0605. The lowest BCUT2D eigenvalue weighted by atomic mass is 10.2. The van der Waals surface area contributed by atoms with E-state index in [9.17, 15) is 4.79 Å². The van der Waals surface area contributed by atoms with Gasteiger partial charge < -0.3 is 10.1 Å². The molecule has 0 aliphatic heterocycles. The Hall–Kier alpha value is -2.18. The molecule has 7 heteroatoms. The van der Waals surface area contributed by atoms with Gasteiger partial charge in [-0.05, 0) is 24.1 Å². The first kappa shape index (κ1) is 15.7. The van der Waals surface area contributed by atoms with Gasteiger partial charge in [0, 0.05) is 11.6 Å². The quantitative estimate of drug-likeness (QED) is 0.721. The number of nitrogens with one attached hydrogen (secondary N) is 1. The third-order valence-corrected chi connectivity index (χ3v) is 5.05. The minimum Gasteiger partial charge on any atom is -0.465 e. The number of aryl methyl sites for hydroxylation is 1. The number of fused-ring (bicyclic) bond motifs is 1. The fourth-order valence-corrected chi connectivity index (χ4v) is 3.58. The maximum absolute atomic E-state index is 11.8. The van der Waals surface area contributed by atoms with Crippen LogP contribution < -0.4 is 5.32 Å². The van der Waals surface area contributed by atoms with Crippen molar-refractivity contribution >= 4 is 44.9 Å². The molecule has 0 radical (unpaired) electrons. The molecule has 2 heterocycles. The first-order chi connectivity index (χ1) is 11.1. The molecule has 0 amide bonds. The normalized spacial score (nSPS) is 10.7. The van der Waals surface area contributed by atoms with Crippen LogP contribution in [-0.4, -0.2) is 23.0 Å². The summed E-state index contributed by atoms with van der Waals surface area (Å²) in [6.45, 7) is 2.41. The number of aromatic nitrogens is 2. The average Bonchev–Trinajstić information content (AvgIpc) is 2.91. The van der Waals surface area contributed by atoms with Crippen LogP contribution in [0.1, 0.15) is 20.8 Å². The van der Waals surface area contributed by atoms with E-state index in [4.69, 9.17) is 16.3 Å². The Morgan fingerprint density at radius 3 is 2.87 bits per heavy atom. The molecule has 0 aliphatic carbocycles. The smallest absolute Gasteiger partial charge is 0.348 e. The molecule has 3 aromatic rings. The molecule has 0 fully saturated rings. The van der Waals surface area contributed by atoms with Crippen molar-refractivity contribution in [2.45, 2.75) is 13.5 Å². The lowest BCUT2D eigenvalue weighted by Gasteiger charge is -2.08. The maximum Gasteiger partial charge on any atom is 0.348 e. The number of carbonyl (C=O) groups excluding carboxylic acids is 1. The van der Waals surface area contributed by atoms with Crippen LogP contribution in [0, 0.1) is 6.92 Å². The second kappa shape index (κ2) is 6.52. The van der Waals surface area contributed by atoms with Gasteiger partial charge in [0.15, 0.2) is 0 Å². The van der Waals surface area contributed by atoms with Crippen LogP contribution in [0.15, 0.2) is 30.6 Å². The number of methoxy groups -OCH3 is 1. The van der Waals surface area contributed by atoms with Gasteiger partial charge in [0.05, 0.1) is 12.5 Å². The van der Waals surface area contributed by atoms with E-state index in [1.165, 1.54) is 24.8 Å². The number of anilines is 1. The zero-order valence-corrected chi connectivity index (χ0v) is 14.2. The Labute approximate surface area is 142 Å². The van der Waals surface area contributed by atoms with Gasteiger partial charge in [0.25, 0.3) is 0 Å². The van der Waals surface area contributed by atoms with Gasteiger partial charge >= 0.3 is 5.97 Å². The summed E-state index contributed by atoms with van der Waals surface area (Å²) in [7, 11) is 1.37. The fourth-order valence-electron chi connectivity index (χ4n) is 2.31. The highest BCUT2D eigenvalue weighted by Gasteiger charge is 2.19. The Bertz CT molecular complexity index is 879. The lowest BCUT2D eigenvalue weighted by Crippen LogP contribution is -2.03. The van der Waals surface area contributed by atoms with Gasteiger partial charge in [-0.1, -0.05) is 29.8 Å². The number of halogens is 1. The van der Waals surface area contributed by atoms with Crippen LogP contribution in [0.4, 0.5) is 5.82 Å². The van der Waals surface area contributed by atoms with Crippen molar-refractivity contribution in [3.8, 4) is 0 Å². The van der Waals surface area contributed by atoms with Gasteiger partial charge in [0.1, 0.15) is 21.9 Å². The minimum atomic E-state index is -0.359. The van der Waals surface area contributed by atoms with Crippen molar-refractivity contribution in [1.82, 2.24) is 9.97 Å². The summed E-state index contributed by atoms with van der Waals surface area (Å²) in [5.41, 5.74) is 1.79. The van der Waals surface area contributed by atoms with Crippen molar-refractivity contribution in [2.24, 2.45) is 0 Å². The predicted molar refractivity (Wildman–Crippen MR) is 92.3 cm³/mol. The first-order valence-corrected chi connectivity index (χ1v) is 8.11. The van der Waals surface area contributed by atoms with Gasteiger partial charge in [-0.2, -0.15) is 0 Å². The molecule has 0 spiro atoms. The van der Waals surface area contributed by atoms with Crippen molar-refractivity contribution in [1.29, 1.82) is 0 Å². The topological polar surface area (TPSA) is 64.1 Å². The Kier molecular flexibility index (Phi) is 4.45. The van der Waals surface area contributed by atoms with E-state index in [2.05, 4.69) is 15.3 Å². The summed E-state index contributed by atoms with van der Waals surface area (Å²) >= 11 is 7.48. The fraction of sp³-hybridized carbons (Fsp3) is 0.188. The van der Waals surface area contributed by atoms with E-state index >= 15 is 0 Å². The molecule has 0 saturated heterocycles. The molecule has 118 valence electrons. The van der Waals surface area contributed by atoms with E-state index in [-0.39, 0.29) is 5.97 Å². The third-order valence-electron chi connectivity index (χ3n) is 3.50. The maximum atomic E-state index is 11.8. The van der Waals surface area contributed by atoms with Crippen LogP contribution in [0.3, 0.4) is 0 Å². The van der Waals surface area contributed by atoms with Gasteiger partial charge in [-0.25, -0.2) is 14.8 Å². The van der Waals surface area contributed by atoms with E-state index in [0.29, 0.717) is 22.3 Å². The molecule has 1 N–H and O–H groups in total. The SMILES string of the molecule is COC(=O)c1sc2ncnc(NCc3ccccc3Cl)c2c1C. The molecule has 0 aliphatic rings. The van der Waals surface area contributed by atoms with Crippen LogP contribution in [0.2, 0.25) is 5.02 Å². The minimum absolute atomic E-state index is 0.359. The molecule has 1 aromatic carbocycles. The molecule has 2 aromatic heterocycles. The zero-order chi connectivity index (χ0) is 16.4. The van der Waals surface area contributed by atoms with E-state index in [0.717, 1.165) is 21.3 Å². The number of carbonyl (C=O) groups is 1. The molecule has 3 rings (SSSR count). The third kappa shape index (κ3) is 3.00. The molecule has 23 heavy (non-hydrogen) atoms. The second-order valence-electron chi connectivity index (χ2n) is 4.90. The highest BCUT2D eigenvalue weighted by Crippen LogP contribution is 2.33. The largest absolute Gasteiger partial charge is 0.465 e. The van der Waals surface area contributed by atoms with E-state index in [1.54, 1.807) is 0 Å². The second-order valence-corrected chi connectivity index (χ2v) is 6.30. The van der Waals surface area contributed by atoms with Crippen molar-refractivity contribution < 1.29 is 9.53 Å². The number of hydrogen-bond donors (Lipinski definition) is 1. The molecular weight excluding hydrogens is 334 g/mol. The Balaban J connectivity index is 1.96. The summed E-state index contributed by atoms with van der Waals surface area (Å²) in [5.74, 6) is 0.321. The molecular formula is C16H14ClN3O2S. The summed E-state index contributed by atoms with van der Waals surface area (Å²) in [4.78, 5) is 21.7. The Morgan fingerprint density at radius 1 is 1.35 bits per heavy atom. The number of esters is 1. The number of rotatable bonds is 4. The highest BCUT2D eigenvalue weighted by molar-refractivity contribution is 7.20. The van der Waals surface area contributed by atoms with Crippen LogP contribution in [-0.2, 0) is 11.3 Å². The Morgan fingerprint density at radius 2 is 2.13 bits per heavy atom. The first-order valence-electron chi connectivity index (χ1n) is 6.91. The molecule has 5 nitrogen and oxygen atoms in total. The van der Waals surface area contributed by atoms with Crippen molar-refractivity contribution in [2.75, 3.05) is 12.4 Å². The number of hydrogen-bond acceptors (Lipinski definition) is 6. The molecule has 0 bridgehead atoms. The van der Waals surface area contributed by atoms with Gasteiger partial charge in [-0.3, -0.25) is 0 Å². The van der Waals surface area contributed by atoms with Gasteiger partial charge in [0.2, 0.25) is 0 Å². The standard InChI is InChI=1S/C16H14ClN3O2S/c1-9-12-14(18-7-10-5-3-4-6-11(10)17)19-8-20-15(12)23-13(9)16(21)22-2/h3-6,8H,7H2,1-2H3,(H,18,19,20). The average molecular weight is 348 g/mol. The summed E-state index contributed by atoms with van der Waals surface area (Å²) in [5, 5.41) is 4.81. The molecule has 0 atom stereocenters. The molecule has 0 saturated carbocycles. The molecule has 0 unspecified atom stereocenters. The summed E-state index contributed by atoms with van der Waals surface area (Å²) in [6.07, 6.45) is 1.48. The van der Waals surface area contributed by atoms with Crippen LogP contribution in [0.5, 0.6) is 0 Å². The number of benzene rings is 1. The van der Waals surface area contributed by atoms with Crippen molar-refractivity contribution in [3.05, 3.63) is 51.6 Å². The summed E-state index contributed by atoms with van der Waals surface area (Å²) < 4.78 is 4.82. The number of nitrogens with zero attached hydrogens (tertiary/aromatic N) is 2.